The number of aryl methyl sites for hydroxylation is 2. The van der Waals surface area contributed by atoms with Gasteiger partial charge in [-0.05, 0) is 25.0 Å². The van der Waals surface area contributed by atoms with E-state index in [1.807, 2.05) is 0 Å². The third-order valence-corrected chi connectivity index (χ3v) is 7.77. The van der Waals surface area contributed by atoms with E-state index in [9.17, 15) is 54.3 Å². The Kier molecular flexibility index (Phi) is 9.15. The molecule has 0 aliphatic rings. The van der Waals surface area contributed by atoms with Gasteiger partial charge >= 0.3 is 17.9 Å². The molecule has 0 saturated carbocycles. The molecular formula is C31H27N5O14. The van der Waals surface area contributed by atoms with Crippen molar-refractivity contribution in [2.75, 3.05) is 0 Å². The van der Waals surface area contributed by atoms with E-state index in [0.717, 1.165) is 21.6 Å². The Morgan fingerprint density at radius 2 is 1.72 bits per heavy atom. The Hall–Kier alpha value is -6.92. The Balaban J connectivity index is 1.44. The molecule has 1 amide bonds. The number of nitrogens with zero attached hydrogens (tertiary/aromatic N) is 4. The molecule has 19 heteroatoms. The first-order valence-electron chi connectivity index (χ1n) is 14.4. The minimum atomic E-state index is -1.47. The molecule has 260 valence electrons. The summed E-state index contributed by atoms with van der Waals surface area (Å²) in [4.78, 5) is 75.1. The molecule has 19 nitrogen and oxygen atoms in total. The van der Waals surface area contributed by atoms with Gasteiger partial charge in [0.05, 0.1) is 28.2 Å². The minimum absolute atomic E-state index is 0.0342. The van der Waals surface area contributed by atoms with Crippen LogP contribution in [0.5, 0.6) is 23.0 Å². The number of aliphatic carboxylic acids is 2. The normalized spacial score (nSPS) is 11.8. The molecule has 0 radical (unpaired) electrons. The van der Waals surface area contributed by atoms with Crippen LogP contribution in [0.2, 0.25) is 0 Å². The number of nitrogens with one attached hydrogen (secondary N) is 1. The summed E-state index contributed by atoms with van der Waals surface area (Å²) >= 11 is 0. The standard InChI is InChI=1S/C31H27N5O14/c1-12-14-5-18(37)19(38)6-17(14)35(2)29(45)24(12)15-11-49-21-7-20(39)28(44)26(25(21)27(15)43)31(48)50-10-13-8-36(34-33-13)9-22(40)32-16(30(46)47)3-4-23(41)42/h5-8,11,16,37-39,44H,3-4,9-10H2,1-2H3,(H,32,40)(H,41,42)(H,46,47)/t16-/m0/s1. The van der Waals surface area contributed by atoms with Crippen LogP contribution in [0.25, 0.3) is 33.0 Å². The number of carboxylic acids is 2. The van der Waals surface area contributed by atoms with Gasteiger partial charge in [-0.25, -0.2) is 14.3 Å². The number of carboxylic acid groups (broad SMARTS) is 2. The van der Waals surface area contributed by atoms with Crippen molar-refractivity contribution in [2.24, 2.45) is 7.05 Å². The Morgan fingerprint density at radius 1 is 1.02 bits per heavy atom. The lowest BCUT2D eigenvalue weighted by Gasteiger charge is -2.15. The molecule has 0 aliphatic heterocycles. The number of benzene rings is 2. The first-order chi connectivity index (χ1) is 23.6. The van der Waals surface area contributed by atoms with E-state index < -0.39 is 94.4 Å². The van der Waals surface area contributed by atoms with Crippen molar-refractivity contribution in [3.05, 3.63) is 68.1 Å². The lowest BCUT2D eigenvalue weighted by Crippen LogP contribution is -2.42. The van der Waals surface area contributed by atoms with E-state index in [2.05, 4.69) is 15.6 Å². The highest BCUT2D eigenvalue weighted by Crippen LogP contribution is 2.37. The van der Waals surface area contributed by atoms with Crippen molar-refractivity contribution in [3.63, 3.8) is 0 Å². The molecule has 3 heterocycles. The molecule has 7 N–H and O–H groups in total. The number of fused-ring (bicyclic) bond motifs is 2. The van der Waals surface area contributed by atoms with Crippen molar-refractivity contribution in [1.29, 1.82) is 0 Å². The fourth-order valence-electron chi connectivity index (χ4n) is 5.27. The number of hydrogen-bond acceptors (Lipinski definition) is 14. The summed E-state index contributed by atoms with van der Waals surface area (Å²) in [7, 11) is 1.37. The molecule has 0 fully saturated rings. The van der Waals surface area contributed by atoms with E-state index in [-0.39, 0.29) is 39.9 Å². The topological polar surface area (TPSA) is 294 Å². The largest absolute Gasteiger partial charge is 0.504 e. The average Bonchev–Trinajstić information content (AvgIpc) is 3.50. The van der Waals surface area contributed by atoms with Gasteiger partial charge in [0.1, 0.15) is 42.3 Å². The smallest absolute Gasteiger partial charge is 0.343 e. The number of carbonyl (C=O) groups excluding carboxylic acids is 2. The van der Waals surface area contributed by atoms with Gasteiger partial charge in [0.25, 0.3) is 5.56 Å². The van der Waals surface area contributed by atoms with Crippen LogP contribution in [-0.4, -0.2) is 80.1 Å². The monoisotopic (exact) mass is 693 g/mol. The summed E-state index contributed by atoms with van der Waals surface area (Å²) in [5.74, 6) is -7.68. The number of pyridine rings is 1. The number of esters is 1. The second kappa shape index (κ2) is 13.3. The molecule has 0 unspecified atom stereocenters. The van der Waals surface area contributed by atoms with Crippen LogP contribution < -0.4 is 16.3 Å². The third kappa shape index (κ3) is 6.46. The van der Waals surface area contributed by atoms with E-state index in [4.69, 9.17) is 14.3 Å². The molecule has 50 heavy (non-hydrogen) atoms. The average molecular weight is 694 g/mol. The number of phenols is 4. The summed E-state index contributed by atoms with van der Waals surface area (Å²) in [5.41, 5.74) is -2.91. The number of phenolic OH excluding ortho intramolecular Hbond substituents is 4. The van der Waals surface area contributed by atoms with Gasteiger partial charge in [0.15, 0.2) is 23.0 Å². The van der Waals surface area contributed by atoms with Crippen LogP contribution in [0.1, 0.15) is 34.5 Å². The van der Waals surface area contributed by atoms with Crippen LogP contribution >= 0.6 is 0 Å². The van der Waals surface area contributed by atoms with Crippen molar-refractivity contribution in [2.45, 2.75) is 39.0 Å². The molecule has 0 spiro atoms. The summed E-state index contributed by atoms with van der Waals surface area (Å²) in [6, 6.07) is 1.79. The van der Waals surface area contributed by atoms with E-state index in [1.54, 1.807) is 0 Å². The van der Waals surface area contributed by atoms with Crippen molar-refractivity contribution in [1.82, 2.24) is 24.9 Å². The summed E-state index contributed by atoms with van der Waals surface area (Å²) in [6.45, 7) is 0.330. The lowest BCUT2D eigenvalue weighted by atomic mass is 9.96. The molecule has 5 aromatic rings. The van der Waals surface area contributed by atoms with Crippen LogP contribution in [0.4, 0.5) is 0 Å². The Labute approximate surface area is 277 Å². The summed E-state index contributed by atoms with van der Waals surface area (Å²) < 4.78 is 12.9. The lowest BCUT2D eigenvalue weighted by molar-refractivity contribution is -0.143. The molecule has 1 atom stereocenters. The molecule has 0 aliphatic carbocycles. The van der Waals surface area contributed by atoms with Gasteiger partial charge in [-0.2, -0.15) is 0 Å². The molecule has 0 bridgehead atoms. The number of hydrogen-bond donors (Lipinski definition) is 7. The first-order valence-corrected chi connectivity index (χ1v) is 14.4. The maximum absolute atomic E-state index is 13.9. The number of carbonyl (C=O) groups is 4. The van der Waals surface area contributed by atoms with Crippen LogP contribution in [0.3, 0.4) is 0 Å². The second-order valence-corrected chi connectivity index (χ2v) is 11.1. The minimum Gasteiger partial charge on any atom is -0.504 e. The van der Waals surface area contributed by atoms with Crippen LogP contribution in [0, 0.1) is 6.92 Å². The molecule has 2 aromatic carbocycles. The fraction of sp³-hybridized carbons (Fsp3) is 0.226. The summed E-state index contributed by atoms with van der Waals surface area (Å²) in [5, 5.41) is 68.4. The summed E-state index contributed by atoms with van der Waals surface area (Å²) in [6.07, 6.45) is 1.25. The van der Waals surface area contributed by atoms with Gasteiger partial charge < -0.3 is 49.7 Å². The zero-order chi connectivity index (χ0) is 36.6. The van der Waals surface area contributed by atoms with Gasteiger partial charge in [-0.1, -0.05) is 5.21 Å². The first kappa shape index (κ1) is 34.4. The maximum Gasteiger partial charge on any atom is 0.343 e. The molecule has 3 aromatic heterocycles. The Bertz CT molecular complexity index is 2360. The molecule has 0 saturated heterocycles. The van der Waals surface area contributed by atoms with E-state index in [0.29, 0.717) is 5.39 Å². The van der Waals surface area contributed by atoms with E-state index >= 15 is 0 Å². The highest BCUT2D eigenvalue weighted by Gasteiger charge is 2.28. The SMILES string of the molecule is Cc1c(-c2coc3cc(O)c(O)c(C(=O)OCc4cn(CC(=O)N[C@@H](CCC(=O)O)C(=O)O)nn4)c3c2=O)c(=O)n(C)c2cc(O)c(O)cc12. The zero-order valence-electron chi connectivity index (χ0n) is 26.0. The van der Waals surface area contributed by atoms with Crippen molar-refractivity contribution >= 4 is 45.7 Å². The predicted molar refractivity (Wildman–Crippen MR) is 168 cm³/mol. The highest BCUT2D eigenvalue weighted by molar-refractivity contribution is 6.07. The number of amides is 1. The molecule has 5 rings (SSSR count). The molecular weight excluding hydrogens is 666 g/mol. The second-order valence-electron chi connectivity index (χ2n) is 11.1. The number of rotatable bonds is 11. The van der Waals surface area contributed by atoms with Gasteiger partial charge in [0.2, 0.25) is 11.3 Å². The fourth-order valence-corrected chi connectivity index (χ4v) is 5.27. The predicted octanol–water partition coefficient (Wildman–Crippen LogP) is 0.825. The number of aromatic hydroxyl groups is 4. The van der Waals surface area contributed by atoms with Crippen LogP contribution in [0.15, 0.2) is 44.7 Å². The van der Waals surface area contributed by atoms with Gasteiger partial charge in [-0.3, -0.25) is 19.2 Å². The number of ether oxygens (including phenoxy) is 1. The third-order valence-electron chi connectivity index (χ3n) is 7.77. The van der Waals surface area contributed by atoms with Crippen molar-refractivity contribution < 1.29 is 59.0 Å². The maximum atomic E-state index is 13.9. The quantitative estimate of drug-likeness (QED) is 0.0744. The number of aromatic nitrogens is 4. The highest BCUT2D eigenvalue weighted by atomic mass is 16.5. The van der Waals surface area contributed by atoms with Gasteiger partial charge in [-0.15, -0.1) is 5.10 Å². The Morgan fingerprint density at radius 3 is 2.40 bits per heavy atom. The van der Waals surface area contributed by atoms with Crippen molar-refractivity contribution in [3.8, 4) is 34.1 Å². The van der Waals surface area contributed by atoms with Crippen LogP contribution in [-0.2, 0) is 39.3 Å². The van der Waals surface area contributed by atoms with E-state index in [1.165, 1.54) is 32.3 Å². The zero-order valence-corrected chi connectivity index (χ0v) is 26.0. The van der Waals surface area contributed by atoms with Gasteiger partial charge in [0, 0.05) is 31.0 Å².